The third-order valence-electron chi connectivity index (χ3n) is 0. The summed E-state index contributed by atoms with van der Waals surface area (Å²) >= 11 is 6.49. The van der Waals surface area contributed by atoms with Crippen LogP contribution in [0.2, 0.25) is 0 Å². The van der Waals surface area contributed by atoms with Crippen LogP contribution in [0.25, 0.3) is 0 Å². The summed E-state index contributed by atoms with van der Waals surface area (Å²) < 4.78 is 53.3. The second-order valence-electron chi connectivity index (χ2n) is 0.980. The molecule has 0 atom stereocenters. The Morgan fingerprint density at radius 1 is 0.700 bits per heavy atom. The standard InChI is InChI=1S/2HNO2.4Na.2H2O3S2/c2*2-1-3;;;;;2*1-5(2,3)4/h2*(H,2,3);;;;;2*(H2,1,2,3,4)/q;;4*+1;;/p-4. The van der Waals surface area contributed by atoms with Gasteiger partial charge in [-0.25, -0.2) is 0 Å². The van der Waals surface area contributed by atoms with Crippen molar-refractivity contribution in [2.45, 2.75) is 0 Å². The number of hydrogen-bond donors (Lipinski definition) is 2. The molecular weight excluding hydrogens is 408 g/mol. The second kappa shape index (κ2) is 33.9. The van der Waals surface area contributed by atoms with Gasteiger partial charge in [-0.15, -0.1) is 27.9 Å². The van der Waals surface area contributed by atoms with Gasteiger partial charge in [0.1, 0.15) is 0 Å². The van der Waals surface area contributed by atoms with E-state index < -0.39 is 18.1 Å². The first-order valence-electron chi connectivity index (χ1n) is 2.10. The molecule has 0 aliphatic heterocycles. The van der Waals surface area contributed by atoms with Gasteiger partial charge in [0.05, 0.1) is 0 Å². The van der Waals surface area contributed by atoms with E-state index in [2.05, 4.69) is 22.4 Å². The molecule has 100 valence electrons. The summed E-state index contributed by atoms with van der Waals surface area (Å²) in [6, 6.07) is 0. The molecule has 12 nitrogen and oxygen atoms in total. The molecule has 20 heteroatoms. The topological polar surface area (TPSA) is 226 Å². The Morgan fingerprint density at radius 3 is 0.700 bits per heavy atom. The van der Waals surface area contributed by atoms with Crippen molar-refractivity contribution in [3.63, 3.8) is 0 Å². The summed E-state index contributed by atoms with van der Waals surface area (Å²) in [6.07, 6.45) is 0. The molecule has 0 heterocycles. The summed E-state index contributed by atoms with van der Waals surface area (Å²) in [4.78, 5) is 16.2. The van der Waals surface area contributed by atoms with Gasteiger partial charge in [-0.2, -0.15) is 0 Å². The first-order valence-corrected chi connectivity index (χ1v) is 6.77. The molecule has 0 amide bonds. The van der Waals surface area contributed by atoms with Crippen molar-refractivity contribution in [3.8, 4) is 0 Å². The van der Waals surface area contributed by atoms with Crippen molar-refractivity contribution >= 4 is 40.5 Å². The Labute approximate surface area is 212 Å². The van der Waals surface area contributed by atoms with Crippen molar-refractivity contribution in [2.24, 2.45) is 10.7 Å². The van der Waals surface area contributed by atoms with E-state index in [1.54, 1.807) is 0 Å². The van der Waals surface area contributed by atoms with E-state index in [1.165, 1.54) is 10.7 Å². The minimum absolute atomic E-state index is 0. The number of rotatable bonds is 0. The molecule has 0 aliphatic rings. The summed E-state index contributed by atoms with van der Waals surface area (Å²) in [6.45, 7) is 0. The normalized spacial score (nSPS) is 7.00. The molecule has 0 rings (SSSR count). The molecule has 0 bridgehead atoms. The molecule has 0 spiro atoms. The van der Waals surface area contributed by atoms with Crippen molar-refractivity contribution in [1.82, 2.24) is 0 Å². The molecule has 0 aliphatic carbocycles. The van der Waals surface area contributed by atoms with Crippen LogP contribution in [-0.2, 0) is 40.5 Å². The SMILES string of the molecule is O=NO.O=NO.O=S([O-])([O-])=S.O=S([O-])([O-])=S.[Na+].[Na+].[Na+].[Na+]. The van der Waals surface area contributed by atoms with E-state index in [9.17, 15) is 0 Å². The van der Waals surface area contributed by atoms with E-state index in [-0.39, 0.29) is 118 Å². The molecule has 0 saturated heterocycles. The third kappa shape index (κ3) is 777. The van der Waals surface area contributed by atoms with Gasteiger partial charge < -0.3 is 28.6 Å². The minimum atomic E-state index is -4.33. The van der Waals surface area contributed by atoms with Crippen LogP contribution in [0.5, 0.6) is 0 Å². The monoisotopic (exact) mass is 410 g/mol. The average Bonchev–Trinajstić information content (AvgIpc) is 1.79. The van der Waals surface area contributed by atoms with Crippen LogP contribution in [0.1, 0.15) is 0 Å². The van der Waals surface area contributed by atoms with E-state index in [1.807, 2.05) is 0 Å². The zero-order valence-corrected chi connectivity index (χ0v) is 22.0. The molecule has 2 N–H and O–H groups in total. The quantitative estimate of drug-likeness (QED) is 0.215. The predicted molar refractivity (Wildman–Crippen MR) is 49.3 cm³/mol. The molecular formula is H2N2Na4O10S4. The molecule has 20 heavy (non-hydrogen) atoms. The molecule has 0 fully saturated rings. The fourth-order valence-corrected chi connectivity index (χ4v) is 0. The van der Waals surface area contributed by atoms with Crippen LogP contribution < -0.4 is 118 Å². The second-order valence-corrected chi connectivity index (χ2v) is 5.06. The number of hydrogen-bond acceptors (Lipinski definition) is 12. The van der Waals surface area contributed by atoms with Gasteiger partial charge in [0, 0.05) is 0 Å². The maximum absolute atomic E-state index is 8.89. The molecule has 0 aromatic rings. The van der Waals surface area contributed by atoms with E-state index in [4.69, 9.17) is 46.9 Å². The fourth-order valence-electron chi connectivity index (χ4n) is 0. The smallest absolute Gasteiger partial charge is 0.780 e. The molecule has 0 radical (unpaired) electrons. The molecule has 0 saturated carbocycles. The first-order chi connectivity index (χ1) is 6.83. The zero-order chi connectivity index (χ0) is 14.4. The Bertz CT molecular complexity index is 299. The van der Waals surface area contributed by atoms with Crippen LogP contribution in [0, 0.1) is 9.81 Å². The first kappa shape index (κ1) is 49.5. The maximum atomic E-state index is 8.89. The van der Waals surface area contributed by atoms with Gasteiger partial charge in [0.25, 0.3) is 0 Å². The van der Waals surface area contributed by atoms with Crippen molar-refractivity contribution in [1.29, 1.82) is 0 Å². The average molecular weight is 410 g/mol. The van der Waals surface area contributed by atoms with E-state index >= 15 is 0 Å². The third-order valence-corrected chi connectivity index (χ3v) is 0. The van der Waals surface area contributed by atoms with Crippen molar-refractivity contribution in [3.05, 3.63) is 9.81 Å². The van der Waals surface area contributed by atoms with Gasteiger partial charge in [-0.3, -0.25) is 8.42 Å². The van der Waals surface area contributed by atoms with Gasteiger partial charge in [0.15, 0.2) is 10.7 Å². The largest absolute Gasteiger partial charge is 1.00 e. The Balaban J connectivity index is -0.0000000154. The Morgan fingerprint density at radius 2 is 0.700 bits per heavy atom. The van der Waals surface area contributed by atoms with Gasteiger partial charge in [-0.1, -0.05) is 0 Å². The van der Waals surface area contributed by atoms with E-state index in [0.717, 1.165) is 0 Å². The molecule has 0 aromatic heterocycles. The summed E-state index contributed by atoms with van der Waals surface area (Å²) in [5.74, 6) is 0. The van der Waals surface area contributed by atoms with Crippen LogP contribution in [0.15, 0.2) is 10.7 Å². The Hall–Kier alpha value is 3.38. The fraction of sp³-hybridized carbons (Fsp3) is 0. The predicted octanol–water partition coefficient (Wildman–Crippen LogP) is -13.7. The molecule has 0 unspecified atom stereocenters. The van der Waals surface area contributed by atoms with Gasteiger partial charge in [-0.05, 0) is 22.4 Å². The van der Waals surface area contributed by atoms with E-state index in [0.29, 0.717) is 0 Å². The zero-order valence-electron chi connectivity index (χ0n) is 10.7. The van der Waals surface area contributed by atoms with Crippen LogP contribution >= 0.6 is 0 Å². The number of nitrogens with zero attached hydrogens (tertiary/aromatic N) is 2. The van der Waals surface area contributed by atoms with Crippen molar-refractivity contribution < 1.29 is 155 Å². The molecule has 0 aromatic carbocycles. The summed E-state index contributed by atoms with van der Waals surface area (Å²) in [7, 11) is -8.67. The van der Waals surface area contributed by atoms with Crippen LogP contribution in [0.3, 0.4) is 0 Å². The minimum Gasteiger partial charge on any atom is -0.780 e. The summed E-state index contributed by atoms with van der Waals surface area (Å²) in [5.41, 5.74) is 0. The Kier molecular flexibility index (Phi) is 83.8. The van der Waals surface area contributed by atoms with Crippen LogP contribution in [0.4, 0.5) is 0 Å². The summed E-state index contributed by atoms with van der Waals surface area (Å²) in [5, 5.41) is 15.8. The maximum Gasteiger partial charge on any atom is 1.00 e. The van der Waals surface area contributed by atoms with Crippen molar-refractivity contribution in [2.75, 3.05) is 0 Å². The van der Waals surface area contributed by atoms with Gasteiger partial charge in [0.2, 0.25) is 0 Å². The van der Waals surface area contributed by atoms with Gasteiger partial charge >= 0.3 is 118 Å². The van der Waals surface area contributed by atoms with Crippen LogP contribution in [-0.4, -0.2) is 37.0 Å².